The van der Waals surface area contributed by atoms with E-state index in [1.54, 1.807) is 0 Å². The molecule has 2 fully saturated rings. The van der Waals surface area contributed by atoms with Crippen LogP contribution in [0.2, 0.25) is 0 Å². The van der Waals surface area contributed by atoms with Crippen molar-refractivity contribution in [1.82, 2.24) is 15.1 Å². The van der Waals surface area contributed by atoms with Crippen molar-refractivity contribution in [2.45, 2.75) is 25.3 Å². The van der Waals surface area contributed by atoms with Gasteiger partial charge in [0.2, 0.25) is 0 Å². The summed E-state index contributed by atoms with van der Waals surface area (Å²) in [5, 5.41) is 4.31. The molecule has 14 heavy (non-hydrogen) atoms. The van der Waals surface area contributed by atoms with Crippen LogP contribution in [0.3, 0.4) is 0 Å². The molecule has 2 amide bonds. The first-order valence-corrected chi connectivity index (χ1v) is 5.44. The Balaban J connectivity index is 1.97. The Morgan fingerprint density at radius 2 is 2.00 bits per heavy atom. The number of piperidine rings is 1. The monoisotopic (exact) mass is 196 g/mol. The van der Waals surface area contributed by atoms with Gasteiger partial charge in [0, 0.05) is 39.3 Å². The fourth-order valence-corrected chi connectivity index (χ4v) is 2.28. The second kappa shape index (κ2) is 4.17. The summed E-state index contributed by atoms with van der Waals surface area (Å²) in [5.41, 5.74) is 0. The van der Waals surface area contributed by atoms with Crippen molar-refractivity contribution in [3.8, 4) is 0 Å². The van der Waals surface area contributed by atoms with E-state index >= 15 is 0 Å². The quantitative estimate of drug-likeness (QED) is 0.602. The molecule has 2 aliphatic heterocycles. The first-order valence-electron chi connectivity index (χ1n) is 5.44. The summed E-state index contributed by atoms with van der Waals surface area (Å²) < 4.78 is 0. The topological polar surface area (TPSA) is 37.7 Å². The van der Waals surface area contributed by atoms with Crippen molar-refractivity contribution in [3.63, 3.8) is 0 Å². The summed E-state index contributed by atoms with van der Waals surface area (Å²) in [6.45, 7) is 3.70. The lowest BCUT2D eigenvalue weighted by atomic mass is 10.0. The fraction of sp³-hybridized carbons (Fsp3) is 0.900. The molecule has 2 rings (SSSR count). The van der Waals surface area contributed by atoms with E-state index in [0.717, 1.165) is 45.4 Å². The van der Waals surface area contributed by atoms with Crippen molar-refractivity contribution in [2.75, 3.05) is 33.2 Å². The number of urea groups is 1. The predicted octanol–water partition coefficient (Wildman–Crippen LogP) is 0.511. The van der Waals surface area contributed by atoms with Crippen molar-refractivity contribution in [3.05, 3.63) is 0 Å². The van der Waals surface area contributed by atoms with Crippen LogP contribution in [0.4, 0.5) is 4.79 Å². The predicted molar refractivity (Wildman–Crippen MR) is 54.2 cm³/mol. The van der Waals surface area contributed by atoms with Gasteiger partial charge in [0.1, 0.15) is 0 Å². The smallest absolute Gasteiger partial charge is 0.319 e. The molecule has 0 aliphatic carbocycles. The van der Waals surface area contributed by atoms with Crippen LogP contribution in [-0.2, 0) is 0 Å². The van der Waals surface area contributed by atoms with Crippen LogP contribution in [0.25, 0.3) is 0 Å². The zero-order chi connectivity index (χ0) is 9.97. The van der Waals surface area contributed by atoms with Crippen LogP contribution in [0.5, 0.6) is 0 Å². The highest BCUT2D eigenvalue weighted by Crippen LogP contribution is 2.17. The number of nitrogens with zero attached hydrogens (tertiary/aromatic N) is 3. The van der Waals surface area contributed by atoms with Gasteiger partial charge in [0.15, 0.2) is 0 Å². The van der Waals surface area contributed by atoms with Gasteiger partial charge >= 0.3 is 6.03 Å². The van der Waals surface area contributed by atoms with Crippen LogP contribution >= 0.6 is 0 Å². The Hall–Kier alpha value is -0.770. The number of hydrogen-bond acceptors (Lipinski definition) is 1. The number of carbonyl (C=O) groups is 1. The summed E-state index contributed by atoms with van der Waals surface area (Å²) in [4.78, 5) is 15.7. The summed E-state index contributed by atoms with van der Waals surface area (Å²) in [6, 6.07) is 0.658. The van der Waals surface area contributed by atoms with Gasteiger partial charge in [-0.05, 0) is 19.3 Å². The number of amides is 2. The lowest BCUT2D eigenvalue weighted by molar-refractivity contribution is 0.107. The number of rotatable bonds is 1. The molecule has 0 aromatic carbocycles. The molecule has 0 spiro atoms. The third-order valence-electron chi connectivity index (χ3n) is 3.15. The van der Waals surface area contributed by atoms with Crippen molar-refractivity contribution in [2.24, 2.45) is 0 Å². The molecule has 79 valence electrons. The molecule has 0 saturated carbocycles. The van der Waals surface area contributed by atoms with Gasteiger partial charge in [-0.3, -0.25) is 0 Å². The SMILES string of the molecule is CN1CCCN(C2CC[N]CC2)C1=O. The van der Waals surface area contributed by atoms with Crippen molar-refractivity contribution >= 4 is 6.03 Å². The lowest BCUT2D eigenvalue weighted by Crippen LogP contribution is -2.53. The maximum Gasteiger partial charge on any atom is 0.319 e. The second-order valence-corrected chi connectivity index (χ2v) is 4.15. The molecule has 2 aliphatic rings. The van der Waals surface area contributed by atoms with E-state index in [4.69, 9.17) is 0 Å². The minimum atomic E-state index is 0.211. The molecule has 0 atom stereocenters. The molecule has 0 N–H and O–H groups in total. The van der Waals surface area contributed by atoms with Crippen LogP contribution in [0.15, 0.2) is 0 Å². The average Bonchev–Trinajstić information content (AvgIpc) is 2.23. The second-order valence-electron chi connectivity index (χ2n) is 4.15. The standard InChI is InChI=1S/C10H18N3O/c1-12-7-2-8-13(10(12)14)9-3-5-11-6-4-9/h9H,2-8H2,1H3. The lowest BCUT2D eigenvalue weighted by Gasteiger charge is -2.40. The maximum absolute atomic E-state index is 11.8. The van der Waals surface area contributed by atoms with Gasteiger partial charge in [-0.1, -0.05) is 0 Å². The van der Waals surface area contributed by atoms with Crippen LogP contribution < -0.4 is 5.32 Å². The molecule has 0 aromatic rings. The van der Waals surface area contributed by atoms with Gasteiger partial charge in [0.25, 0.3) is 0 Å². The molecular formula is C10H18N3O. The highest BCUT2D eigenvalue weighted by molar-refractivity contribution is 5.75. The van der Waals surface area contributed by atoms with Crippen LogP contribution in [0, 0.1) is 0 Å². The van der Waals surface area contributed by atoms with E-state index in [-0.39, 0.29) is 6.03 Å². The highest BCUT2D eigenvalue weighted by atomic mass is 16.2. The Morgan fingerprint density at radius 3 is 2.71 bits per heavy atom. The molecule has 1 radical (unpaired) electrons. The van der Waals surface area contributed by atoms with Crippen LogP contribution in [-0.4, -0.2) is 55.1 Å². The molecule has 2 saturated heterocycles. The van der Waals surface area contributed by atoms with Gasteiger partial charge in [-0.15, -0.1) is 0 Å². The molecular weight excluding hydrogens is 178 g/mol. The minimum Gasteiger partial charge on any atom is -0.328 e. The van der Waals surface area contributed by atoms with E-state index in [9.17, 15) is 4.79 Å². The zero-order valence-electron chi connectivity index (χ0n) is 8.78. The van der Waals surface area contributed by atoms with E-state index in [0.29, 0.717) is 6.04 Å². The average molecular weight is 196 g/mol. The Morgan fingerprint density at radius 1 is 1.29 bits per heavy atom. The third-order valence-corrected chi connectivity index (χ3v) is 3.15. The van der Waals surface area contributed by atoms with Gasteiger partial charge in [-0.2, -0.15) is 0 Å². The molecule has 0 bridgehead atoms. The minimum absolute atomic E-state index is 0.211. The number of carbonyl (C=O) groups excluding carboxylic acids is 1. The van der Waals surface area contributed by atoms with Crippen molar-refractivity contribution in [1.29, 1.82) is 0 Å². The van der Waals surface area contributed by atoms with Crippen LogP contribution in [0.1, 0.15) is 19.3 Å². The summed E-state index contributed by atoms with van der Waals surface area (Å²) >= 11 is 0. The molecule has 4 heteroatoms. The Kier molecular flexibility index (Phi) is 2.91. The van der Waals surface area contributed by atoms with E-state index < -0.39 is 0 Å². The third kappa shape index (κ3) is 1.85. The van der Waals surface area contributed by atoms with E-state index in [1.807, 2.05) is 16.8 Å². The van der Waals surface area contributed by atoms with E-state index in [2.05, 4.69) is 5.32 Å². The normalized spacial score (nSPS) is 25.6. The molecule has 2 heterocycles. The Labute approximate surface area is 85.2 Å². The van der Waals surface area contributed by atoms with E-state index in [1.165, 1.54) is 0 Å². The zero-order valence-corrected chi connectivity index (χ0v) is 8.78. The largest absolute Gasteiger partial charge is 0.328 e. The molecule has 0 aromatic heterocycles. The molecule has 0 unspecified atom stereocenters. The summed E-state index contributed by atoms with van der Waals surface area (Å²) in [7, 11) is 1.89. The van der Waals surface area contributed by atoms with Gasteiger partial charge in [0.05, 0.1) is 0 Å². The molecule has 4 nitrogen and oxygen atoms in total. The highest BCUT2D eigenvalue weighted by Gasteiger charge is 2.29. The summed E-state index contributed by atoms with van der Waals surface area (Å²) in [6.07, 6.45) is 3.22. The first-order chi connectivity index (χ1) is 6.79. The fourth-order valence-electron chi connectivity index (χ4n) is 2.28. The van der Waals surface area contributed by atoms with Crippen molar-refractivity contribution < 1.29 is 4.79 Å². The summed E-state index contributed by atoms with van der Waals surface area (Å²) in [5.74, 6) is 0. The Bertz CT molecular complexity index is 213. The number of hydrogen-bond donors (Lipinski definition) is 0. The van der Waals surface area contributed by atoms with Gasteiger partial charge in [-0.25, -0.2) is 10.1 Å². The first kappa shape index (κ1) is 9.77. The van der Waals surface area contributed by atoms with Gasteiger partial charge < -0.3 is 9.80 Å². The maximum atomic E-state index is 11.8.